The molecule has 4 heteroatoms. The van der Waals surface area contributed by atoms with Crippen LogP contribution in [0.25, 0.3) is 33.5 Å². The number of aryl methyl sites for hydroxylation is 2. The van der Waals surface area contributed by atoms with Crippen molar-refractivity contribution in [2.24, 2.45) is 14.1 Å². The van der Waals surface area contributed by atoms with Crippen LogP contribution < -0.4 is 4.57 Å². The predicted octanol–water partition coefficient (Wildman–Crippen LogP) is 2.38. The maximum atomic E-state index is 4.26. The number of pyridine rings is 1. The lowest BCUT2D eigenvalue weighted by Crippen LogP contribution is -2.33. The summed E-state index contributed by atoms with van der Waals surface area (Å²) in [6, 6.07) is 10.7. The van der Waals surface area contributed by atoms with Crippen molar-refractivity contribution in [1.29, 1.82) is 0 Å². The third-order valence-electron chi connectivity index (χ3n) is 4.69. The molecule has 1 aliphatic heterocycles. The number of imidazole rings is 1. The van der Waals surface area contributed by atoms with Crippen molar-refractivity contribution in [2.45, 2.75) is 6.54 Å². The molecule has 21 heavy (non-hydrogen) atoms. The summed E-state index contributed by atoms with van der Waals surface area (Å²) in [4.78, 5) is 4.26. The number of rotatable bonds is 0. The van der Waals surface area contributed by atoms with Crippen molar-refractivity contribution < 1.29 is 4.57 Å². The van der Waals surface area contributed by atoms with E-state index in [1.807, 2.05) is 12.4 Å². The molecule has 1 aliphatic rings. The van der Waals surface area contributed by atoms with Gasteiger partial charge in [-0.3, -0.25) is 14.1 Å². The fourth-order valence-corrected chi connectivity index (χ4v) is 3.80. The van der Waals surface area contributed by atoms with Crippen LogP contribution in [-0.4, -0.2) is 14.1 Å². The number of nitrogens with zero attached hydrogens (tertiary/aromatic N) is 4. The van der Waals surface area contributed by atoms with Gasteiger partial charge in [0.2, 0.25) is 5.82 Å². The zero-order chi connectivity index (χ0) is 14.1. The molecule has 102 valence electrons. The van der Waals surface area contributed by atoms with Crippen molar-refractivity contribution in [3.05, 3.63) is 48.3 Å². The molecule has 4 nitrogen and oxygen atoms in total. The van der Waals surface area contributed by atoms with E-state index in [1.165, 1.54) is 39.0 Å². The molecule has 0 amide bonds. The van der Waals surface area contributed by atoms with E-state index in [1.54, 1.807) is 0 Å². The first-order chi connectivity index (χ1) is 10.3. The number of aromatic nitrogens is 4. The minimum Gasteiger partial charge on any atom is -0.264 e. The SMILES string of the molecule is Cn1c2[n+](c3c1c1ccccc1n3C)Cc1cnccc1-2. The van der Waals surface area contributed by atoms with Crippen LogP contribution in [-0.2, 0) is 20.6 Å². The fourth-order valence-electron chi connectivity index (χ4n) is 3.80. The lowest BCUT2D eigenvalue weighted by molar-refractivity contribution is -0.648. The molecule has 0 atom stereocenters. The molecule has 3 aromatic heterocycles. The highest BCUT2D eigenvalue weighted by Crippen LogP contribution is 2.34. The Bertz CT molecular complexity index is 1040. The summed E-state index contributed by atoms with van der Waals surface area (Å²) < 4.78 is 7.03. The normalized spacial score (nSPS) is 13.0. The molecule has 0 aliphatic carbocycles. The Morgan fingerprint density at radius 1 is 1.10 bits per heavy atom. The van der Waals surface area contributed by atoms with Crippen molar-refractivity contribution >= 4 is 22.1 Å². The molecule has 4 heterocycles. The Kier molecular flexibility index (Phi) is 1.86. The first-order valence-corrected chi connectivity index (χ1v) is 7.16. The van der Waals surface area contributed by atoms with Gasteiger partial charge >= 0.3 is 0 Å². The van der Waals surface area contributed by atoms with Gasteiger partial charge in [0.1, 0.15) is 5.52 Å². The molecule has 4 aromatic rings. The standard InChI is InChI=1S/C17H15N4/c1-19-14-6-4-3-5-13(14)15-17(19)21-10-11-9-18-8-7-12(11)16(21)20(15)2/h3-9H,10H2,1-2H3/q+1. The second-order valence-corrected chi connectivity index (χ2v) is 5.75. The topological polar surface area (TPSA) is 26.6 Å². The summed E-state index contributed by atoms with van der Waals surface area (Å²) in [7, 11) is 4.31. The summed E-state index contributed by atoms with van der Waals surface area (Å²) in [5.74, 6) is 1.28. The van der Waals surface area contributed by atoms with Gasteiger partial charge in [-0.2, -0.15) is 0 Å². The lowest BCUT2D eigenvalue weighted by atomic mass is 10.2. The number of benzene rings is 1. The molecule has 5 rings (SSSR count). The van der Waals surface area contributed by atoms with Crippen molar-refractivity contribution in [2.75, 3.05) is 0 Å². The van der Waals surface area contributed by atoms with Crippen LogP contribution in [0.1, 0.15) is 5.56 Å². The van der Waals surface area contributed by atoms with Gasteiger partial charge in [0.15, 0.2) is 5.52 Å². The van der Waals surface area contributed by atoms with Crippen LogP contribution >= 0.6 is 0 Å². The molecule has 1 aromatic carbocycles. The van der Waals surface area contributed by atoms with Gasteiger partial charge < -0.3 is 0 Å². The fraction of sp³-hybridized carbons (Fsp3) is 0.176. The van der Waals surface area contributed by atoms with Crippen LogP contribution in [0.4, 0.5) is 0 Å². The number of para-hydroxylation sites is 1. The quantitative estimate of drug-likeness (QED) is 0.399. The molecule has 0 spiro atoms. The molecule has 0 bridgehead atoms. The lowest BCUT2D eigenvalue weighted by Gasteiger charge is -1.97. The van der Waals surface area contributed by atoms with E-state index in [0.29, 0.717) is 0 Å². The van der Waals surface area contributed by atoms with E-state index in [-0.39, 0.29) is 0 Å². The van der Waals surface area contributed by atoms with Gasteiger partial charge in [0, 0.05) is 18.0 Å². The molecule has 0 saturated heterocycles. The zero-order valence-corrected chi connectivity index (χ0v) is 12.0. The summed E-state index contributed by atoms with van der Waals surface area (Å²) in [6.45, 7) is 0.903. The molecule has 0 N–H and O–H groups in total. The Morgan fingerprint density at radius 2 is 1.95 bits per heavy atom. The van der Waals surface area contributed by atoms with Gasteiger partial charge in [-0.05, 0) is 18.2 Å². The van der Waals surface area contributed by atoms with E-state index in [2.05, 4.69) is 63.1 Å². The number of hydrogen-bond acceptors (Lipinski definition) is 1. The van der Waals surface area contributed by atoms with Crippen LogP contribution in [0, 0.1) is 0 Å². The third-order valence-corrected chi connectivity index (χ3v) is 4.69. The van der Waals surface area contributed by atoms with E-state index < -0.39 is 0 Å². The highest BCUT2D eigenvalue weighted by atomic mass is 15.2. The average molecular weight is 275 g/mol. The van der Waals surface area contributed by atoms with Gasteiger partial charge in [-0.15, -0.1) is 0 Å². The Hall–Kier alpha value is -2.62. The van der Waals surface area contributed by atoms with Gasteiger partial charge in [-0.1, -0.05) is 12.1 Å². The third kappa shape index (κ3) is 1.17. The first kappa shape index (κ1) is 11.1. The molecular formula is C17H15N4+. The van der Waals surface area contributed by atoms with Crippen molar-refractivity contribution in [1.82, 2.24) is 14.1 Å². The Labute approximate surface area is 121 Å². The van der Waals surface area contributed by atoms with Crippen LogP contribution in [0.5, 0.6) is 0 Å². The summed E-state index contributed by atoms with van der Waals surface area (Å²) >= 11 is 0. The second kappa shape index (κ2) is 3.52. The van der Waals surface area contributed by atoms with Gasteiger partial charge in [-0.25, -0.2) is 4.57 Å². The first-order valence-electron chi connectivity index (χ1n) is 7.16. The van der Waals surface area contributed by atoms with E-state index in [0.717, 1.165) is 6.54 Å². The maximum Gasteiger partial charge on any atom is 0.269 e. The summed E-state index contributed by atoms with van der Waals surface area (Å²) in [5, 5.41) is 1.31. The van der Waals surface area contributed by atoms with E-state index in [9.17, 15) is 0 Å². The highest BCUT2D eigenvalue weighted by Gasteiger charge is 2.34. The van der Waals surface area contributed by atoms with Crippen LogP contribution in [0.3, 0.4) is 0 Å². The smallest absolute Gasteiger partial charge is 0.264 e. The monoisotopic (exact) mass is 275 g/mol. The Morgan fingerprint density at radius 3 is 2.86 bits per heavy atom. The van der Waals surface area contributed by atoms with Gasteiger partial charge in [0.25, 0.3) is 5.65 Å². The minimum atomic E-state index is 0.903. The van der Waals surface area contributed by atoms with Crippen LogP contribution in [0.15, 0.2) is 42.7 Å². The zero-order valence-electron chi connectivity index (χ0n) is 12.0. The van der Waals surface area contributed by atoms with Crippen molar-refractivity contribution in [3.63, 3.8) is 0 Å². The Balaban J connectivity index is 2.02. The molecule has 0 unspecified atom stereocenters. The molecular weight excluding hydrogens is 260 g/mol. The molecule has 0 radical (unpaired) electrons. The summed E-state index contributed by atoms with van der Waals surface area (Å²) in [6.07, 6.45) is 3.86. The molecule has 0 fully saturated rings. The van der Waals surface area contributed by atoms with E-state index >= 15 is 0 Å². The number of hydrogen-bond donors (Lipinski definition) is 0. The number of fused-ring (bicyclic) bond motifs is 7. The summed E-state index contributed by atoms with van der Waals surface area (Å²) in [5.41, 5.74) is 6.47. The van der Waals surface area contributed by atoms with E-state index in [4.69, 9.17) is 0 Å². The highest BCUT2D eigenvalue weighted by molar-refractivity contribution is 6.04. The second-order valence-electron chi connectivity index (χ2n) is 5.75. The van der Waals surface area contributed by atoms with Crippen LogP contribution in [0.2, 0.25) is 0 Å². The largest absolute Gasteiger partial charge is 0.269 e. The maximum absolute atomic E-state index is 4.26. The van der Waals surface area contributed by atoms with Gasteiger partial charge in [0.05, 0.1) is 31.6 Å². The minimum absolute atomic E-state index is 0.903. The van der Waals surface area contributed by atoms with Crippen molar-refractivity contribution in [3.8, 4) is 11.4 Å². The molecule has 0 saturated carbocycles. The predicted molar refractivity (Wildman–Crippen MR) is 81.9 cm³/mol. The average Bonchev–Trinajstić information content (AvgIpc) is 3.11.